The largest absolute Gasteiger partial charge is 0.345 e. The first kappa shape index (κ1) is 13.6. The second kappa shape index (κ2) is 6.34. The van der Waals surface area contributed by atoms with Gasteiger partial charge >= 0.3 is 0 Å². The number of hydrogen-bond donors (Lipinski definition) is 1. The molecule has 3 nitrogen and oxygen atoms in total. The van der Waals surface area contributed by atoms with Gasteiger partial charge in [0.1, 0.15) is 0 Å². The maximum atomic E-state index is 11.7. The van der Waals surface area contributed by atoms with Crippen LogP contribution in [-0.2, 0) is 11.2 Å². The summed E-state index contributed by atoms with van der Waals surface area (Å²) in [4.78, 5) is 13.4. The van der Waals surface area contributed by atoms with Gasteiger partial charge in [-0.3, -0.25) is 4.79 Å². The van der Waals surface area contributed by atoms with Gasteiger partial charge in [-0.25, -0.2) is 0 Å². The van der Waals surface area contributed by atoms with E-state index in [0.717, 1.165) is 13.0 Å². The Kier molecular flexibility index (Phi) is 4.53. The molecule has 0 heterocycles. The van der Waals surface area contributed by atoms with Crippen LogP contribution < -0.4 is 5.73 Å². The van der Waals surface area contributed by atoms with Gasteiger partial charge < -0.3 is 10.6 Å². The fourth-order valence-corrected chi connectivity index (χ4v) is 2.24. The molecule has 0 bridgehead atoms. The van der Waals surface area contributed by atoms with Crippen LogP contribution in [0.25, 0.3) is 10.8 Å². The Morgan fingerprint density at radius 2 is 1.89 bits per heavy atom. The smallest absolute Gasteiger partial charge is 0.223 e. The summed E-state index contributed by atoms with van der Waals surface area (Å²) in [6.45, 7) is 1.14. The van der Waals surface area contributed by atoms with E-state index >= 15 is 0 Å². The number of nitrogens with zero attached hydrogens (tertiary/aromatic N) is 1. The molecule has 0 saturated heterocycles. The summed E-state index contributed by atoms with van der Waals surface area (Å²) in [5.74, 6) is 0.114. The lowest BCUT2D eigenvalue weighted by Crippen LogP contribution is -2.30. The van der Waals surface area contributed by atoms with Crippen molar-refractivity contribution in [1.29, 1.82) is 0 Å². The van der Waals surface area contributed by atoms with E-state index in [4.69, 9.17) is 5.73 Å². The molecule has 100 valence electrons. The van der Waals surface area contributed by atoms with Gasteiger partial charge in [-0.1, -0.05) is 42.5 Å². The zero-order valence-electron chi connectivity index (χ0n) is 11.3. The number of benzene rings is 2. The second-order valence-electron chi connectivity index (χ2n) is 4.74. The predicted octanol–water partition coefficient (Wildman–Crippen LogP) is 2.19. The van der Waals surface area contributed by atoms with Crippen molar-refractivity contribution in [2.75, 3.05) is 20.1 Å². The maximum Gasteiger partial charge on any atom is 0.223 e. The summed E-state index contributed by atoms with van der Waals surface area (Å²) in [6, 6.07) is 14.7. The number of rotatable bonds is 5. The third kappa shape index (κ3) is 3.32. The normalized spacial score (nSPS) is 10.6. The SMILES string of the molecule is CN(CCc1cccc2ccccc12)C(=O)CCN. The summed E-state index contributed by atoms with van der Waals surface area (Å²) in [7, 11) is 1.84. The van der Waals surface area contributed by atoms with Gasteiger partial charge in [0.25, 0.3) is 0 Å². The quantitative estimate of drug-likeness (QED) is 0.891. The highest BCUT2D eigenvalue weighted by atomic mass is 16.2. The van der Waals surface area contributed by atoms with E-state index in [0.29, 0.717) is 13.0 Å². The zero-order valence-corrected chi connectivity index (χ0v) is 11.3. The van der Waals surface area contributed by atoms with Crippen LogP contribution >= 0.6 is 0 Å². The fourth-order valence-electron chi connectivity index (χ4n) is 2.24. The van der Waals surface area contributed by atoms with Crippen molar-refractivity contribution < 1.29 is 4.79 Å². The van der Waals surface area contributed by atoms with Gasteiger partial charge in [0.15, 0.2) is 0 Å². The summed E-state index contributed by atoms with van der Waals surface area (Å²) < 4.78 is 0. The number of carbonyl (C=O) groups is 1. The molecule has 2 N–H and O–H groups in total. The Balaban J connectivity index is 2.08. The van der Waals surface area contributed by atoms with Gasteiger partial charge in [-0.05, 0) is 22.8 Å². The summed E-state index contributed by atoms with van der Waals surface area (Å²) in [5, 5.41) is 2.51. The van der Waals surface area contributed by atoms with E-state index in [2.05, 4.69) is 36.4 Å². The van der Waals surface area contributed by atoms with Gasteiger partial charge in [0.05, 0.1) is 0 Å². The molecule has 2 rings (SSSR count). The molecule has 2 aromatic carbocycles. The molecule has 0 aliphatic carbocycles. The molecule has 0 radical (unpaired) electrons. The minimum atomic E-state index is 0.114. The number of nitrogens with two attached hydrogens (primary N) is 1. The van der Waals surface area contributed by atoms with Crippen molar-refractivity contribution >= 4 is 16.7 Å². The highest BCUT2D eigenvalue weighted by Gasteiger charge is 2.08. The first-order valence-electron chi connectivity index (χ1n) is 6.63. The van der Waals surface area contributed by atoms with E-state index in [1.807, 2.05) is 13.1 Å². The Morgan fingerprint density at radius 1 is 1.16 bits per heavy atom. The Morgan fingerprint density at radius 3 is 2.68 bits per heavy atom. The zero-order chi connectivity index (χ0) is 13.7. The van der Waals surface area contributed by atoms with Crippen molar-refractivity contribution in [1.82, 2.24) is 4.90 Å². The third-order valence-corrected chi connectivity index (χ3v) is 3.38. The van der Waals surface area contributed by atoms with Crippen LogP contribution in [0.4, 0.5) is 0 Å². The minimum absolute atomic E-state index is 0.114. The number of carbonyl (C=O) groups excluding carboxylic acids is 1. The molecule has 0 aromatic heterocycles. The summed E-state index contributed by atoms with van der Waals surface area (Å²) >= 11 is 0. The fraction of sp³-hybridized carbons (Fsp3) is 0.312. The van der Waals surface area contributed by atoms with E-state index in [9.17, 15) is 4.79 Å². The number of hydrogen-bond acceptors (Lipinski definition) is 2. The lowest BCUT2D eigenvalue weighted by atomic mass is 10.0. The number of fused-ring (bicyclic) bond motifs is 1. The van der Waals surface area contributed by atoms with Gasteiger partial charge in [0, 0.05) is 26.6 Å². The molecule has 0 saturated carbocycles. The van der Waals surface area contributed by atoms with Crippen LogP contribution in [0.2, 0.25) is 0 Å². The summed E-state index contributed by atoms with van der Waals surface area (Å²) in [5.41, 5.74) is 6.68. The molecule has 1 amide bonds. The summed E-state index contributed by atoms with van der Waals surface area (Å²) in [6.07, 6.45) is 1.29. The predicted molar refractivity (Wildman–Crippen MR) is 79.0 cm³/mol. The molecule has 19 heavy (non-hydrogen) atoms. The van der Waals surface area contributed by atoms with Gasteiger partial charge in [0.2, 0.25) is 5.91 Å². The first-order valence-corrected chi connectivity index (χ1v) is 6.63. The molecular weight excluding hydrogens is 236 g/mol. The lowest BCUT2D eigenvalue weighted by Gasteiger charge is -2.17. The van der Waals surface area contributed by atoms with Crippen molar-refractivity contribution in [2.45, 2.75) is 12.8 Å². The molecule has 0 unspecified atom stereocenters. The Labute approximate surface area is 114 Å². The van der Waals surface area contributed by atoms with Crippen molar-refractivity contribution in [2.24, 2.45) is 5.73 Å². The maximum absolute atomic E-state index is 11.7. The molecule has 0 aliphatic rings. The Bertz CT molecular complexity index is 560. The minimum Gasteiger partial charge on any atom is -0.345 e. The lowest BCUT2D eigenvalue weighted by molar-refractivity contribution is -0.129. The molecule has 0 atom stereocenters. The van der Waals surface area contributed by atoms with Crippen LogP contribution in [0.1, 0.15) is 12.0 Å². The average molecular weight is 256 g/mol. The highest BCUT2D eigenvalue weighted by molar-refractivity contribution is 5.85. The topological polar surface area (TPSA) is 46.3 Å². The average Bonchev–Trinajstić information content (AvgIpc) is 2.45. The van der Waals surface area contributed by atoms with Crippen molar-refractivity contribution in [3.05, 3.63) is 48.0 Å². The van der Waals surface area contributed by atoms with Crippen molar-refractivity contribution in [3.8, 4) is 0 Å². The molecule has 0 spiro atoms. The Hall–Kier alpha value is -1.87. The molecule has 3 heteroatoms. The standard InChI is InChI=1S/C16H20N2O/c1-18(16(19)9-11-17)12-10-14-7-4-6-13-5-2-3-8-15(13)14/h2-8H,9-12,17H2,1H3. The third-order valence-electron chi connectivity index (χ3n) is 3.38. The molecular formula is C16H20N2O. The number of likely N-dealkylation sites (N-methyl/N-ethyl adjacent to an activating group) is 1. The van der Waals surface area contributed by atoms with Crippen LogP contribution in [0.5, 0.6) is 0 Å². The monoisotopic (exact) mass is 256 g/mol. The van der Waals surface area contributed by atoms with Crippen LogP contribution in [0.15, 0.2) is 42.5 Å². The van der Waals surface area contributed by atoms with Crippen LogP contribution in [0, 0.1) is 0 Å². The van der Waals surface area contributed by atoms with E-state index in [1.54, 1.807) is 4.90 Å². The van der Waals surface area contributed by atoms with Gasteiger partial charge in [-0.15, -0.1) is 0 Å². The second-order valence-corrected chi connectivity index (χ2v) is 4.74. The van der Waals surface area contributed by atoms with Crippen LogP contribution in [0.3, 0.4) is 0 Å². The molecule has 2 aromatic rings. The highest BCUT2D eigenvalue weighted by Crippen LogP contribution is 2.19. The van der Waals surface area contributed by atoms with E-state index < -0.39 is 0 Å². The van der Waals surface area contributed by atoms with E-state index in [1.165, 1.54) is 16.3 Å². The first-order chi connectivity index (χ1) is 9.22. The number of amides is 1. The molecule has 0 fully saturated rings. The van der Waals surface area contributed by atoms with Crippen LogP contribution in [-0.4, -0.2) is 30.9 Å². The van der Waals surface area contributed by atoms with Crippen molar-refractivity contribution in [3.63, 3.8) is 0 Å². The van der Waals surface area contributed by atoms with E-state index in [-0.39, 0.29) is 5.91 Å². The van der Waals surface area contributed by atoms with Gasteiger partial charge in [-0.2, -0.15) is 0 Å². The molecule has 0 aliphatic heterocycles.